The van der Waals surface area contributed by atoms with Crippen LogP contribution in [0.2, 0.25) is 0 Å². The van der Waals surface area contributed by atoms with E-state index in [9.17, 15) is 0 Å². The van der Waals surface area contributed by atoms with Crippen molar-refractivity contribution in [2.75, 3.05) is 9.80 Å². The highest BCUT2D eigenvalue weighted by Gasteiger charge is 2.53. The number of rotatable bonds is 11. The van der Waals surface area contributed by atoms with Crippen LogP contribution in [-0.4, -0.2) is 0 Å². The van der Waals surface area contributed by atoms with Crippen molar-refractivity contribution in [3.8, 4) is 66.8 Å². The van der Waals surface area contributed by atoms with Crippen LogP contribution in [0.1, 0.15) is 103 Å². The summed E-state index contributed by atoms with van der Waals surface area (Å²) in [4.78, 5) is 5.07. The van der Waals surface area contributed by atoms with E-state index in [1.807, 2.05) is 0 Å². The molecule has 2 heteroatoms. The van der Waals surface area contributed by atoms with Gasteiger partial charge in [-0.25, -0.2) is 0 Å². The predicted octanol–water partition coefficient (Wildman–Crippen LogP) is 26.3. The second-order valence-corrected chi connectivity index (χ2v) is 30.3. The summed E-state index contributed by atoms with van der Waals surface area (Å²) >= 11 is 0. The summed E-state index contributed by atoms with van der Waals surface area (Å²) in [6, 6.07) is 143. The average molecular weight is 1350 g/mol. The fourth-order valence-electron chi connectivity index (χ4n) is 20.1. The first-order chi connectivity index (χ1) is 52.1. The normalized spacial score (nSPS) is 14.5. The molecule has 0 heterocycles. The molecule has 2 nitrogen and oxygen atoms in total. The van der Waals surface area contributed by atoms with Crippen molar-refractivity contribution in [3.05, 3.63) is 465 Å². The molecule has 500 valence electrons. The third kappa shape index (κ3) is 8.55. The fourth-order valence-corrected chi connectivity index (χ4v) is 20.1. The number of hydrogen-bond acceptors (Lipinski definition) is 2. The second-order valence-electron chi connectivity index (χ2n) is 30.3. The Kier molecular flexibility index (Phi) is 13.6. The molecule has 0 radical (unpaired) electrons. The van der Waals surface area contributed by atoms with Gasteiger partial charge in [0.2, 0.25) is 0 Å². The molecule has 0 saturated carbocycles. The monoisotopic (exact) mass is 1350 g/mol. The zero-order chi connectivity index (χ0) is 70.6. The first-order valence-electron chi connectivity index (χ1n) is 37.4. The van der Waals surface area contributed by atoms with E-state index in [1.165, 1.54) is 145 Å². The minimum Gasteiger partial charge on any atom is -0.310 e. The van der Waals surface area contributed by atoms with E-state index < -0.39 is 16.2 Å². The van der Waals surface area contributed by atoms with Gasteiger partial charge in [0.25, 0.3) is 0 Å². The summed E-state index contributed by atoms with van der Waals surface area (Å²) in [6.45, 7) is 9.24. The standard InChI is InChI=1S/C104H74N2/c1-67-44-57-83-86-59-54-77(64-96(86)102(94(83)62-67,71-26-9-5-10-27-71)72-28-11-6-12-29-72)105(78-55-60-87-84-58-45-68(2)63-95(84)103(97(87)65-78,73-30-13-7-14-31-73)74-32-15-8-16-33-74)75-50-46-69(47-51-75)70-48-52-76(53-49-70)106(99-43-25-42-93-100(99)88-37-20-21-38-89(88)101(93,3)4)79-56-61-85-82-36-19-24-41-92(82)104(98(85)66-79)90-39-22-17-34-80(90)81-35-18-23-40-91(81)104/h5-66H,1-4H3. The zero-order valence-corrected chi connectivity index (χ0v) is 59.7. The first kappa shape index (κ1) is 61.8. The van der Waals surface area contributed by atoms with E-state index in [0.717, 1.165) is 45.3 Å². The molecule has 5 aliphatic rings. The Morgan fingerprint density at radius 1 is 0.198 bits per heavy atom. The van der Waals surface area contributed by atoms with E-state index in [1.54, 1.807) is 0 Å². The summed E-state index contributed by atoms with van der Waals surface area (Å²) in [5.41, 5.74) is 40.3. The van der Waals surface area contributed by atoms with Crippen LogP contribution < -0.4 is 9.80 Å². The Labute approximate surface area is 621 Å². The zero-order valence-electron chi connectivity index (χ0n) is 59.7. The maximum Gasteiger partial charge on any atom is 0.0726 e. The van der Waals surface area contributed by atoms with Crippen LogP contribution in [0.4, 0.5) is 34.1 Å². The number of nitrogens with zero attached hydrogens (tertiary/aromatic N) is 2. The highest BCUT2D eigenvalue weighted by Crippen LogP contribution is 2.65. The van der Waals surface area contributed by atoms with Gasteiger partial charge in [-0.15, -0.1) is 0 Å². The van der Waals surface area contributed by atoms with Crippen molar-refractivity contribution in [1.29, 1.82) is 0 Å². The van der Waals surface area contributed by atoms with E-state index in [-0.39, 0.29) is 5.41 Å². The highest BCUT2D eigenvalue weighted by atomic mass is 15.2. The van der Waals surface area contributed by atoms with Gasteiger partial charge in [0.15, 0.2) is 0 Å². The smallest absolute Gasteiger partial charge is 0.0726 e. The maximum atomic E-state index is 2.55. The highest BCUT2D eigenvalue weighted by molar-refractivity contribution is 6.00. The van der Waals surface area contributed by atoms with Crippen molar-refractivity contribution in [1.82, 2.24) is 0 Å². The van der Waals surface area contributed by atoms with Crippen LogP contribution in [0, 0.1) is 13.8 Å². The summed E-state index contributed by atoms with van der Waals surface area (Å²) < 4.78 is 0. The SMILES string of the molecule is Cc1ccc2c(c1)C(c1ccccc1)(c1ccccc1)c1cc(N(c3ccc(-c4ccc(N(c5ccc6c(c5)C5(c7ccccc7-c7ccccc75)c5ccccc5-6)c5cccc6c5-c5ccccc5C6(C)C)cc4)cc3)c3ccc4c(c3)C(c3ccccc3)(c3ccccc3)c3cc(C)ccc3-4)ccc1-2. The van der Waals surface area contributed by atoms with Crippen LogP contribution in [0.15, 0.2) is 376 Å². The van der Waals surface area contributed by atoms with Gasteiger partial charge in [0, 0.05) is 39.4 Å². The fraction of sp³-hybridized carbons (Fsp3) is 0.0769. The minimum absolute atomic E-state index is 0.193. The van der Waals surface area contributed by atoms with Crippen LogP contribution in [0.3, 0.4) is 0 Å². The van der Waals surface area contributed by atoms with E-state index in [0.29, 0.717) is 0 Å². The van der Waals surface area contributed by atoms with Crippen LogP contribution >= 0.6 is 0 Å². The van der Waals surface area contributed by atoms with Crippen LogP contribution in [0.25, 0.3) is 66.8 Å². The molecular formula is C104H74N2. The van der Waals surface area contributed by atoms with E-state index in [2.05, 4.69) is 414 Å². The summed E-state index contributed by atoms with van der Waals surface area (Å²) in [5.74, 6) is 0. The molecule has 0 aliphatic heterocycles. The maximum absolute atomic E-state index is 2.55. The van der Waals surface area contributed by atoms with E-state index >= 15 is 0 Å². The lowest BCUT2D eigenvalue weighted by Gasteiger charge is -2.36. The number of fused-ring (bicyclic) bond motifs is 19. The molecule has 21 rings (SSSR count). The van der Waals surface area contributed by atoms with Crippen molar-refractivity contribution < 1.29 is 0 Å². The molecule has 0 fully saturated rings. The topological polar surface area (TPSA) is 6.48 Å². The number of aryl methyl sites for hydroxylation is 2. The Balaban J connectivity index is 0.739. The molecule has 0 atom stereocenters. The number of hydrogen-bond donors (Lipinski definition) is 0. The lowest BCUT2D eigenvalue weighted by atomic mass is 9.67. The van der Waals surface area contributed by atoms with Crippen molar-refractivity contribution >= 4 is 34.1 Å². The molecule has 0 N–H and O–H groups in total. The van der Waals surface area contributed by atoms with Crippen molar-refractivity contribution in [2.24, 2.45) is 0 Å². The van der Waals surface area contributed by atoms with Crippen LogP contribution in [0.5, 0.6) is 0 Å². The van der Waals surface area contributed by atoms with Gasteiger partial charge in [-0.05, 0) is 220 Å². The van der Waals surface area contributed by atoms with Gasteiger partial charge in [0.1, 0.15) is 0 Å². The number of anilines is 6. The first-order valence-corrected chi connectivity index (χ1v) is 37.4. The molecular weight excluding hydrogens is 1280 g/mol. The quantitative estimate of drug-likeness (QED) is 0.127. The molecule has 5 aliphatic carbocycles. The van der Waals surface area contributed by atoms with Gasteiger partial charge in [0.05, 0.1) is 21.9 Å². The lowest BCUT2D eigenvalue weighted by molar-refractivity contribution is 0.660. The second kappa shape index (κ2) is 23.3. The Bertz CT molecular complexity index is 5910. The van der Waals surface area contributed by atoms with E-state index in [4.69, 9.17) is 0 Å². The van der Waals surface area contributed by atoms with Gasteiger partial charge in [-0.3, -0.25) is 0 Å². The van der Waals surface area contributed by atoms with Gasteiger partial charge < -0.3 is 9.80 Å². The summed E-state index contributed by atoms with van der Waals surface area (Å²) in [5, 5.41) is 0. The molecule has 0 aromatic heterocycles. The lowest BCUT2D eigenvalue weighted by Crippen LogP contribution is -2.29. The van der Waals surface area contributed by atoms with Gasteiger partial charge >= 0.3 is 0 Å². The number of benzene rings is 16. The minimum atomic E-state index is -0.607. The Morgan fingerprint density at radius 2 is 0.491 bits per heavy atom. The third-order valence-corrected chi connectivity index (χ3v) is 24.5. The molecule has 16 aromatic rings. The average Bonchev–Trinajstić information content (AvgIpc) is 1.52. The van der Waals surface area contributed by atoms with Crippen LogP contribution in [-0.2, 0) is 21.7 Å². The molecule has 0 bridgehead atoms. The Hall–Kier alpha value is -12.9. The molecule has 0 unspecified atom stereocenters. The Morgan fingerprint density at radius 3 is 0.896 bits per heavy atom. The largest absolute Gasteiger partial charge is 0.310 e. The third-order valence-electron chi connectivity index (χ3n) is 24.5. The predicted molar refractivity (Wildman–Crippen MR) is 439 cm³/mol. The van der Waals surface area contributed by atoms with Crippen molar-refractivity contribution in [2.45, 2.75) is 49.4 Å². The van der Waals surface area contributed by atoms with Crippen molar-refractivity contribution in [3.63, 3.8) is 0 Å². The van der Waals surface area contributed by atoms with Gasteiger partial charge in [-0.1, -0.05) is 334 Å². The van der Waals surface area contributed by atoms with Gasteiger partial charge in [-0.2, -0.15) is 0 Å². The molecule has 0 saturated heterocycles. The molecule has 0 amide bonds. The molecule has 16 aromatic carbocycles. The summed E-state index contributed by atoms with van der Waals surface area (Å²) in [6.07, 6.45) is 0. The molecule has 106 heavy (non-hydrogen) atoms. The summed E-state index contributed by atoms with van der Waals surface area (Å²) in [7, 11) is 0. The molecule has 1 spiro atoms.